The van der Waals surface area contributed by atoms with Crippen molar-refractivity contribution in [2.45, 2.75) is 27.3 Å². The Morgan fingerprint density at radius 2 is 1.96 bits per heavy atom. The summed E-state index contributed by atoms with van der Waals surface area (Å²) in [4.78, 5) is 24.5. The molecule has 0 spiro atoms. The summed E-state index contributed by atoms with van der Waals surface area (Å²) in [5.74, 6) is -0.765. The molecule has 130 valence electrons. The Morgan fingerprint density at radius 1 is 1.20 bits per heavy atom. The van der Waals surface area contributed by atoms with E-state index in [1.807, 2.05) is 32.4 Å². The lowest BCUT2D eigenvalue weighted by Gasteiger charge is -2.05. The first-order valence-electron chi connectivity index (χ1n) is 8.08. The quantitative estimate of drug-likeness (QED) is 0.526. The number of hydrogen-bond donors (Lipinski definition) is 0. The van der Waals surface area contributed by atoms with Gasteiger partial charge in [0.15, 0.2) is 6.61 Å². The summed E-state index contributed by atoms with van der Waals surface area (Å²) < 4.78 is 8.85. The van der Waals surface area contributed by atoms with Gasteiger partial charge in [-0.3, -0.25) is 4.79 Å². The number of aryl methyl sites for hydroxylation is 2. The van der Waals surface area contributed by atoms with Crippen LogP contribution in [0.4, 0.5) is 0 Å². The molecule has 0 aliphatic carbocycles. The topological polar surface area (TPSA) is 79.0 Å². The summed E-state index contributed by atoms with van der Waals surface area (Å²) in [6.45, 7) is 6.17. The molecule has 7 heteroatoms. The van der Waals surface area contributed by atoms with Gasteiger partial charge in [0.2, 0.25) is 5.78 Å². The smallest absolute Gasteiger partial charge is 0.338 e. The van der Waals surface area contributed by atoms with Crippen molar-refractivity contribution < 1.29 is 14.3 Å². The molecule has 2 aromatic heterocycles. The highest BCUT2D eigenvalue weighted by atomic mass is 16.5. The molecule has 25 heavy (non-hydrogen) atoms. The van der Waals surface area contributed by atoms with Crippen LogP contribution in [0.5, 0.6) is 0 Å². The van der Waals surface area contributed by atoms with Crippen LogP contribution in [0.15, 0.2) is 24.3 Å². The number of carbonyl (C=O) groups is 2. The molecule has 0 aliphatic heterocycles. The first kappa shape index (κ1) is 16.9. The molecule has 7 nitrogen and oxygen atoms in total. The minimum Gasteiger partial charge on any atom is -0.454 e. The van der Waals surface area contributed by atoms with E-state index in [-0.39, 0.29) is 12.4 Å². The lowest BCUT2D eigenvalue weighted by atomic mass is 10.1. The van der Waals surface area contributed by atoms with E-state index in [0.29, 0.717) is 23.2 Å². The fourth-order valence-corrected chi connectivity index (χ4v) is 2.76. The van der Waals surface area contributed by atoms with Gasteiger partial charge in [-0.05, 0) is 45.0 Å². The second-order valence-corrected chi connectivity index (χ2v) is 5.95. The number of Topliss-reactive ketones (excluding diaryl/α,β-unsaturated/α-hetero) is 1. The van der Waals surface area contributed by atoms with E-state index >= 15 is 0 Å². The van der Waals surface area contributed by atoms with Crippen LogP contribution in [0.25, 0.3) is 11.0 Å². The van der Waals surface area contributed by atoms with Gasteiger partial charge in [-0.15, -0.1) is 5.10 Å². The molecule has 0 aliphatic rings. The number of ketones is 1. The maximum absolute atomic E-state index is 12.3. The van der Waals surface area contributed by atoms with E-state index in [1.165, 1.54) is 0 Å². The second-order valence-electron chi connectivity index (χ2n) is 5.95. The Morgan fingerprint density at radius 3 is 2.60 bits per heavy atom. The van der Waals surface area contributed by atoms with Gasteiger partial charge >= 0.3 is 5.97 Å². The third kappa shape index (κ3) is 3.05. The van der Waals surface area contributed by atoms with Gasteiger partial charge < -0.3 is 9.30 Å². The van der Waals surface area contributed by atoms with E-state index < -0.39 is 5.97 Å². The molecule has 0 saturated carbocycles. The molecule has 3 rings (SSSR count). The van der Waals surface area contributed by atoms with Crippen molar-refractivity contribution in [2.75, 3.05) is 6.61 Å². The number of benzene rings is 1. The summed E-state index contributed by atoms with van der Waals surface area (Å²) in [7, 11) is 1.89. The fourth-order valence-electron chi connectivity index (χ4n) is 2.76. The van der Waals surface area contributed by atoms with Gasteiger partial charge in [-0.2, -0.15) is 0 Å². The number of carbonyl (C=O) groups excluding carboxylic acids is 2. The number of ether oxygens (including phenoxy) is 1. The van der Waals surface area contributed by atoms with Gasteiger partial charge in [0.05, 0.1) is 11.1 Å². The zero-order valence-corrected chi connectivity index (χ0v) is 14.7. The van der Waals surface area contributed by atoms with Gasteiger partial charge in [0.25, 0.3) is 0 Å². The molecular weight excluding hydrogens is 320 g/mol. The van der Waals surface area contributed by atoms with E-state index in [9.17, 15) is 9.59 Å². The summed E-state index contributed by atoms with van der Waals surface area (Å²) in [5.41, 5.74) is 4.24. The summed E-state index contributed by atoms with van der Waals surface area (Å²) in [5, 5.41) is 8.04. The van der Waals surface area contributed by atoms with Crippen molar-refractivity contribution in [2.24, 2.45) is 7.05 Å². The van der Waals surface area contributed by atoms with Crippen LogP contribution < -0.4 is 0 Å². The molecule has 1 aromatic carbocycles. The van der Waals surface area contributed by atoms with Gasteiger partial charge in [0, 0.05) is 30.5 Å². The molecule has 0 saturated heterocycles. The first-order valence-corrected chi connectivity index (χ1v) is 8.08. The van der Waals surface area contributed by atoms with Crippen LogP contribution in [-0.4, -0.2) is 37.9 Å². The molecule has 0 N–H and O–H groups in total. The molecule has 0 amide bonds. The number of aromatic nitrogens is 4. The van der Waals surface area contributed by atoms with Crippen LogP contribution in [-0.2, 0) is 18.3 Å². The Labute approximate surface area is 145 Å². The largest absolute Gasteiger partial charge is 0.454 e. The number of esters is 1. The van der Waals surface area contributed by atoms with Crippen molar-refractivity contribution in [1.82, 2.24) is 19.6 Å². The first-order chi connectivity index (χ1) is 11.9. The third-order valence-corrected chi connectivity index (χ3v) is 4.46. The molecule has 0 fully saturated rings. The highest BCUT2D eigenvalue weighted by Gasteiger charge is 2.17. The molecule has 2 heterocycles. The normalized spacial score (nSPS) is 11.0. The van der Waals surface area contributed by atoms with Crippen molar-refractivity contribution in [1.29, 1.82) is 0 Å². The highest BCUT2D eigenvalue weighted by Crippen LogP contribution is 2.16. The summed E-state index contributed by atoms with van der Waals surface area (Å²) in [6.07, 6.45) is 0. The highest BCUT2D eigenvalue weighted by molar-refractivity contribution is 6.01. The average molecular weight is 340 g/mol. The molecule has 3 aromatic rings. The Kier molecular flexibility index (Phi) is 4.39. The van der Waals surface area contributed by atoms with Crippen molar-refractivity contribution in [3.8, 4) is 0 Å². The minimum atomic E-state index is -0.549. The van der Waals surface area contributed by atoms with E-state index in [0.717, 1.165) is 16.9 Å². The van der Waals surface area contributed by atoms with Gasteiger partial charge in [0.1, 0.15) is 5.52 Å². The summed E-state index contributed by atoms with van der Waals surface area (Å²) >= 11 is 0. The molecule has 0 radical (unpaired) electrons. The van der Waals surface area contributed by atoms with Crippen LogP contribution in [0, 0.1) is 13.8 Å². The SMILES string of the molecule is CCn1nnc2cc(C(=O)OCC(=O)c3cc(C)n(C)c3C)ccc21. The number of nitrogens with zero attached hydrogens (tertiary/aromatic N) is 4. The van der Waals surface area contributed by atoms with Crippen LogP contribution >= 0.6 is 0 Å². The van der Waals surface area contributed by atoms with E-state index in [1.54, 1.807) is 28.9 Å². The van der Waals surface area contributed by atoms with Crippen LogP contribution in [0.1, 0.15) is 39.0 Å². The summed E-state index contributed by atoms with van der Waals surface area (Å²) in [6, 6.07) is 6.87. The Bertz CT molecular complexity index is 968. The van der Waals surface area contributed by atoms with Gasteiger partial charge in [-0.25, -0.2) is 9.48 Å². The maximum atomic E-state index is 12.3. The van der Waals surface area contributed by atoms with E-state index in [2.05, 4.69) is 10.3 Å². The monoisotopic (exact) mass is 340 g/mol. The Balaban J connectivity index is 1.72. The standard InChI is InChI=1S/C18H20N4O3/c1-5-22-16-7-6-13(9-15(16)19-20-22)18(24)25-10-17(23)14-8-11(2)21(4)12(14)3/h6-9H,5,10H2,1-4H3. The zero-order valence-electron chi connectivity index (χ0n) is 14.7. The Hall–Kier alpha value is -2.96. The predicted octanol–water partition coefficient (Wildman–Crippen LogP) is 2.45. The van der Waals surface area contributed by atoms with Crippen molar-refractivity contribution in [3.63, 3.8) is 0 Å². The fraction of sp³-hybridized carbons (Fsp3) is 0.333. The maximum Gasteiger partial charge on any atom is 0.338 e. The van der Waals surface area contributed by atoms with Gasteiger partial charge in [-0.1, -0.05) is 5.21 Å². The second kappa shape index (κ2) is 6.51. The lowest BCUT2D eigenvalue weighted by Crippen LogP contribution is -2.15. The number of hydrogen-bond acceptors (Lipinski definition) is 5. The zero-order chi connectivity index (χ0) is 18.1. The number of fused-ring (bicyclic) bond motifs is 1. The minimum absolute atomic E-state index is 0.215. The average Bonchev–Trinajstić information content (AvgIpc) is 3.14. The third-order valence-electron chi connectivity index (χ3n) is 4.46. The van der Waals surface area contributed by atoms with Crippen molar-refractivity contribution in [3.05, 3.63) is 46.8 Å². The van der Waals surface area contributed by atoms with Crippen molar-refractivity contribution >= 4 is 22.8 Å². The predicted molar refractivity (Wildman–Crippen MR) is 92.7 cm³/mol. The molecule has 0 bridgehead atoms. The molecule has 0 atom stereocenters. The van der Waals surface area contributed by atoms with Crippen LogP contribution in [0.3, 0.4) is 0 Å². The number of rotatable bonds is 5. The lowest BCUT2D eigenvalue weighted by molar-refractivity contribution is 0.0474. The van der Waals surface area contributed by atoms with Crippen LogP contribution in [0.2, 0.25) is 0 Å². The molecular formula is C18H20N4O3. The van der Waals surface area contributed by atoms with E-state index in [4.69, 9.17) is 4.74 Å². The molecule has 0 unspecified atom stereocenters.